The summed E-state index contributed by atoms with van der Waals surface area (Å²) in [5.41, 5.74) is 5.25. The highest BCUT2D eigenvalue weighted by atomic mass is 16.5. The summed E-state index contributed by atoms with van der Waals surface area (Å²) in [6, 6.07) is 15.6. The van der Waals surface area contributed by atoms with Crippen molar-refractivity contribution in [3.8, 4) is 11.5 Å². The number of rotatable bonds is 12. The molecule has 0 bridgehead atoms. The van der Waals surface area contributed by atoms with Crippen LogP contribution in [-0.4, -0.2) is 59.7 Å². The van der Waals surface area contributed by atoms with Gasteiger partial charge in [0.2, 0.25) is 0 Å². The van der Waals surface area contributed by atoms with Gasteiger partial charge in [0.05, 0.1) is 13.2 Å². The minimum absolute atomic E-state index is 0.0816. The summed E-state index contributed by atoms with van der Waals surface area (Å²) >= 11 is 0. The first kappa shape index (κ1) is 26.5. The van der Waals surface area contributed by atoms with Crippen LogP contribution in [-0.2, 0) is 9.59 Å². The van der Waals surface area contributed by atoms with Crippen LogP contribution in [0.15, 0.2) is 78.4 Å². The summed E-state index contributed by atoms with van der Waals surface area (Å²) in [5, 5.41) is 17.5. The molecule has 2 aromatic rings. The summed E-state index contributed by atoms with van der Waals surface area (Å²) in [5.74, 6) is -0.275. The molecule has 7 nitrogen and oxygen atoms in total. The van der Waals surface area contributed by atoms with Gasteiger partial charge in [0.25, 0.3) is 0 Å². The topological polar surface area (TPSA) is 96.1 Å². The maximum atomic E-state index is 10.7. The van der Waals surface area contributed by atoms with Gasteiger partial charge in [0, 0.05) is 25.0 Å². The van der Waals surface area contributed by atoms with E-state index in [9.17, 15) is 9.59 Å². The molecule has 0 aliphatic heterocycles. The zero-order valence-electron chi connectivity index (χ0n) is 20.6. The van der Waals surface area contributed by atoms with Gasteiger partial charge in [-0.05, 0) is 71.5 Å². The van der Waals surface area contributed by atoms with Crippen molar-refractivity contribution in [2.24, 2.45) is 0 Å². The summed E-state index contributed by atoms with van der Waals surface area (Å²) in [6.45, 7) is 0.699. The number of allylic oxidation sites excluding steroid dienone is 5. The Morgan fingerprint density at radius 3 is 1.47 bits per heavy atom. The highest BCUT2D eigenvalue weighted by molar-refractivity contribution is 6.03. The first-order valence-electron chi connectivity index (χ1n) is 11.9. The van der Waals surface area contributed by atoms with E-state index >= 15 is 0 Å². The summed E-state index contributed by atoms with van der Waals surface area (Å²) in [6.07, 6.45) is 9.42. The Labute approximate surface area is 211 Å². The van der Waals surface area contributed by atoms with Crippen molar-refractivity contribution in [3.05, 3.63) is 89.5 Å². The zero-order chi connectivity index (χ0) is 25.9. The monoisotopic (exact) mass is 490 g/mol. The Balaban J connectivity index is 1.83. The third-order valence-electron chi connectivity index (χ3n) is 5.57. The van der Waals surface area contributed by atoms with E-state index in [0.29, 0.717) is 37.6 Å². The fourth-order valence-corrected chi connectivity index (χ4v) is 3.69. The Kier molecular flexibility index (Phi) is 9.63. The third kappa shape index (κ3) is 7.98. The van der Waals surface area contributed by atoms with E-state index in [-0.39, 0.29) is 12.8 Å². The molecule has 0 unspecified atom stereocenters. The van der Waals surface area contributed by atoms with Gasteiger partial charge in [-0.2, -0.15) is 0 Å². The van der Waals surface area contributed by atoms with Gasteiger partial charge < -0.3 is 19.7 Å². The SMILES string of the molecule is C[N+](C)=C1C=CC(=C(c2ccc(OCCCC(=O)O)cc2)c2ccc(OCCCC(=O)O)cc2)C=C1. The highest BCUT2D eigenvalue weighted by Crippen LogP contribution is 2.32. The Morgan fingerprint density at radius 2 is 1.11 bits per heavy atom. The van der Waals surface area contributed by atoms with E-state index in [1.54, 1.807) is 0 Å². The molecule has 2 N–H and O–H groups in total. The van der Waals surface area contributed by atoms with Crippen LogP contribution >= 0.6 is 0 Å². The van der Waals surface area contributed by atoms with Crippen molar-refractivity contribution in [1.82, 2.24) is 0 Å². The lowest BCUT2D eigenvalue weighted by molar-refractivity contribution is -0.462. The van der Waals surface area contributed by atoms with Crippen LogP contribution in [0, 0.1) is 0 Å². The third-order valence-corrected chi connectivity index (χ3v) is 5.57. The highest BCUT2D eigenvalue weighted by Gasteiger charge is 2.14. The normalized spacial score (nSPS) is 12.4. The Hall–Kier alpha value is -4.13. The van der Waals surface area contributed by atoms with Crippen LogP contribution < -0.4 is 9.47 Å². The first-order valence-corrected chi connectivity index (χ1v) is 11.9. The standard InChI is InChI=1S/C29H31NO6/c1-30(2)24-13-7-21(8-14-24)29(22-9-15-25(16-10-22)35-19-3-5-27(31)32)23-11-17-26(18-12-23)36-20-4-6-28(33)34/h7-18H,3-6,19-20H2,1-2H3,(H-,31,32,33,34)/p+1. The van der Waals surface area contributed by atoms with Crippen molar-refractivity contribution in [2.75, 3.05) is 27.3 Å². The molecule has 0 atom stereocenters. The largest absolute Gasteiger partial charge is 0.494 e. The molecule has 0 saturated heterocycles. The molecular formula is C29H32NO6+. The first-order chi connectivity index (χ1) is 17.3. The van der Waals surface area contributed by atoms with Crippen LogP contribution in [0.5, 0.6) is 11.5 Å². The fourth-order valence-electron chi connectivity index (χ4n) is 3.69. The van der Waals surface area contributed by atoms with Crippen molar-refractivity contribution in [3.63, 3.8) is 0 Å². The van der Waals surface area contributed by atoms with Crippen molar-refractivity contribution < 1.29 is 33.9 Å². The molecule has 0 saturated carbocycles. The van der Waals surface area contributed by atoms with E-state index in [4.69, 9.17) is 19.7 Å². The summed E-state index contributed by atoms with van der Waals surface area (Å²) < 4.78 is 13.4. The van der Waals surface area contributed by atoms with E-state index in [2.05, 4.69) is 28.9 Å². The van der Waals surface area contributed by atoms with E-state index in [1.165, 1.54) is 0 Å². The van der Waals surface area contributed by atoms with Gasteiger partial charge in [-0.1, -0.05) is 24.3 Å². The van der Waals surface area contributed by atoms with Crippen LogP contribution in [0.2, 0.25) is 0 Å². The Morgan fingerprint density at radius 1 is 0.694 bits per heavy atom. The fraction of sp³-hybridized carbons (Fsp3) is 0.276. The number of hydrogen-bond donors (Lipinski definition) is 2. The van der Waals surface area contributed by atoms with Gasteiger partial charge in [-0.25, -0.2) is 4.58 Å². The summed E-state index contributed by atoms with van der Waals surface area (Å²) in [7, 11) is 4.01. The number of aliphatic carboxylic acids is 2. The molecule has 7 heteroatoms. The molecule has 1 aliphatic carbocycles. The van der Waals surface area contributed by atoms with Gasteiger partial charge >= 0.3 is 11.9 Å². The molecule has 2 aromatic carbocycles. The lowest BCUT2D eigenvalue weighted by Gasteiger charge is -2.15. The molecular weight excluding hydrogens is 458 g/mol. The second kappa shape index (κ2) is 13.1. The van der Waals surface area contributed by atoms with Crippen molar-refractivity contribution >= 4 is 23.2 Å². The van der Waals surface area contributed by atoms with Crippen LogP contribution in [0.25, 0.3) is 5.57 Å². The van der Waals surface area contributed by atoms with E-state index in [0.717, 1.165) is 28.0 Å². The van der Waals surface area contributed by atoms with Gasteiger partial charge in [0.15, 0.2) is 5.71 Å². The number of carboxylic acid groups (broad SMARTS) is 2. The molecule has 0 radical (unpaired) electrons. The Bertz CT molecular complexity index is 1100. The lowest BCUT2D eigenvalue weighted by atomic mass is 9.90. The average Bonchev–Trinajstić information content (AvgIpc) is 2.86. The predicted molar refractivity (Wildman–Crippen MR) is 139 cm³/mol. The molecule has 0 heterocycles. The lowest BCUT2D eigenvalue weighted by Crippen LogP contribution is -2.10. The van der Waals surface area contributed by atoms with E-state index < -0.39 is 11.9 Å². The minimum Gasteiger partial charge on any atom is -0.494 e. The van der Waals surface area contributed by atoms with Gasteiger partial charge in [-0.3, -0.25) is 9.59 Å². The number of carboxylic acids is 2. The second-order valence-electron chi connectivity index (χ2n) is 8.56. The smallest absolute Gasteiger partial charge is 0.303 e. The molecule has 0 spiro atoms. The number of nitrogens with zero attached hydrogens (tertiary/aromatic N) is 1. The molecule has 1 aliphatic rings. The van der Waals surface area contributed by atoms with Crippen LogP contribution in [0.1, 0.15) is 36.8 Å². The molecule has 36 heavy (non-hydrogen) atoms. The van der Waals surface area contributed by atoms with Crippen molar-refractivity contribution in [1.29, 1.82) is 0 Å². The number of carbonyl (C=O) groups is 2. The quantitative estimate of drug-likeness (QED) is 0.327. The second-order valence-corrected chi connectivity index (χ2v) is 8.56. The van der Waals surface area contributed by atoms with Gasteiger partial charge in [0.1, 0.15) is 25.6 Å². The van der Waals surface area contributed by atoms with Crippen LogP contribution in [0.3, 0.4) is 0 Å². The molecule has 0 fully saturated rings. The maximum Gasteiger partial charge on any atom is 0.303 e. The van der Waals surface area contributed by atoms with Crippen molar-refractivity contribution in [2.45, 2.75) is 25.7 Å². The molecule has 0 aromatic heterocycles. The predicted octanol–water partition coefficient (Wildman–Crippen LogP) is 4.81. The summed E-state index contributed by atoms with van der Waals surface area (Å²) in [4.78, 5) is 21.4. The number of ether oxygens (including phenoxy) is 2. The average molecular weight is 491 g/mol. The van der Waals surface area contributed by atoms with Crippen LogP contribution in [0.4, 0.5) is 0 Å². The van der Waals surface area contributed by atoms with E-state index in [1.807, 2.05) is 62.6 Å². The minimum atomic E-state index is -0.829. The maximum absolute atomic E-state index is 10.7. The molecule has 0 amide bonds. The van der Waals surface area contributed by atoms with Gasteiger partial charge in [-0.15, -0.1) is 0 Å². The zero-order valence-corrected chi connectivity index (χ0v) is 20.6. The molecule has 188 valence electrons. The molecule has 3 rings (SSSR count). The number of hydrogen-bond acceptors (Lipinski definition) is 4. The number of benzene rings is 2.